The van der Waals surface area contributed by atoms with E-state index >= 15 is 0 Å². The van der Waals surface area contributed by atoms with Crippen molar-refractivity contribution < 1.29 is 18.0 Å². The average molecular weight is 435 g/mol. The first-order valence-corrected chi connectivity index (χ1v) is 9.46. The number of nitrogens with zero attached hydrogens (tertiary/aromatic N) is 2. The highest BCUT2D eigenvalue weighted by molar-refractivity contribution is 6.05. The highest BCUT2D eigenvalue weighted by atomic mass is 19.4. The van der Waals surface area contributed by atoms with Crippen LogP contribution in [0.15, 0.2) is 59.1 Å². The van der Waals surface area contributed by atoms with E-state index in [2.05, 4.69) is 21.8 Å². The van der Waals surface area contributed by atoms with Gasteiger partial charge in [0.25, 0.3) is 5.91 Å². The maximum Gasteiger partial charge on any atom is 0.417 e. The number of amidine groups is 1. The van der Waals surface area contributed by atoms with Crippen LogP contribution in [0.1, 0.15) is 34.3 Å². The Bertz CT molecular complexity index is 988. The molecule has 1 saturated heterocycles. The van der Waals surface area contributed by atoms with E-state index in [-0.39, 0.29) is 0 Å². The van der Waals surface area contributed by atoms with E-state index in [0.29, 0.717) is 17.6 Å². The molecule has 166 valence electrons. The summed E-state index contributed by atoms with van der Waals surface area (Å²) < 4.78 is 35.4. The quantitative estimate of drug-likeness (QED) is 0.508. The van der Waals surface area contributed by atoms with Gasteiger partial charge in [0.1, 0.15) is 5.84 Å². The van der Waals surface area contributed by atoms with E-state index in [0.717, 1.165) is 49.3 Å². The molecule has 1 aromatic carbocycles. The monoisotopic (exact) mass is 435 g/mol. The second-order valence-corrected chi connectivity index (χ2v) is 6.65. The van der Waals surface area contributed by atoms with Gasteiger partial charge >= 0.3 is 6.18 Å². The summed E-state index contributed by atoms with van der Waals surface area (Å²) in [4.78, 5) is 30.3. The van der Waals surface area contributed by atoms with Crippen LogP contribution in [0.2, 0.25) is 0 Å². The third kappa shape index (κ3) is 6.46. The molecule has 1 amide bonds. The van der Waals surface area contributed by atoms with Gasteiger partial charge in [-0.15, -0.1) is 0 Å². The van der Waals surface area contributed by atoms with Gasteiger partial charge in [-0.1, -0.05) is 6.58 Å². The van der Waals surface area contributed by atoms with Crippen molar-refractivity contribution in [2.24, 2.45) is 10.7 Å². The highest BCUT2D eigenvalue weighted by Crippen LogP contribution is 2.27. The van der Waals surface area contributed by atoms with Crippen LogP contribution in [-0.4, -0.2) is 36.9 Å². The Hall–Kier alpha value is -3.56. The van der Waals surface area contributed by atoms with Gasteiger partial charge in [-0.05, 0) is 43.3 Å². The van der Waals surface area contributed by atoms with Crippen molar-refractivity contribution in [1.29, 1.82) is 0 Å². The number of carbonyl (C=O) groups is 1. The zero-order valence-electron chi connectivity index (χ0n) is 17.0. The topological polar surface area (TPSA) is 104 Å². The Kier molecular flexibility index (Phi) is 8.00. The summed E-state index contributed by atoms with van der Waals surface area (Å²) >= 11 is 0. The number of aromatic amines is 1. The van der Waals surface area contributed by atoms with Gasteiger partial charge in [0.15, 0.2) is 0 Å². The third-order valence-electron chi connectivity index (χ3n) is 4.56. The second kappa shape index (κ2) is 10.5. The van der Waals surface area contributed by atoms with Crippen molar-refractivity contribution in [3.8, 4) is 0 Å². The van der Waals surface area contributed by atoms with Gasteiger partial charge in [-0.25, -0.2) is 0 Å². The van der Waals surface area contributed by atoms with Crippen molar-refractivity contribution in [3.05, 3.63) is 76.4 Å². The van der Waals surface area contributed by atoms with Crippen molar-refractivity contribution in [3.63, 3.8) is 0 Å². The predicted octanol–water partition coefficient (Wildman–Crippen LogP) is 2.89. The Morgan fingerprint density at radius 2 is 1.94 bits per heavy atom. The lowest BCUT2D eigenvalue weighted by Gasteiger charge is -2.21. The lowest BCUT2D eigenvalue weighted by molar-refractivity contribution is -0.137. The minimum Gasteiger partial charge on any atom is -0.371 e. The van der Waals surface area contributed by atoms with E-state index in [1.54, 1.807) is 19.3 Å². The normalized spacial score (nSPS) is 13.9. The zero-order valence-corrected chi connectivity index (χ0v) is 17.0. The van der Waals surface area contributed by atoms with Crippen LogP contribution in [0.4, 0.5) is 18.9 Å². The predicted molar refractivity (Wildman–Crippen MR) is 114 cm³/mol. The summed E-state index contributed by atoms with van der Waals surface area (Å²) in [6.45, 7) is 5.56. The molecule has 0 saturated carbocycles. The largest absolute Gasteiger partial charge is 0.417 e. The molecule has 0 bridgehead atoms. The molecule has 0 radical (unpaired) electrons. The van der Waals surface area contributed by atoms with E-state index < -0.39 is 23.2 Å². The van der Waals surface area contributed by atoms with Gasteiger partial charge in [0.05, 0.1) is 11.1 Å². The number of primary amides is 1. The molecule has 0 atom stereocenters. The molecular weight excluding hydrogens is 411 g/mol. The molecule has 0 aliphatic carbocycles. The van der Waals surface area contributed by atoms with Gasteiger partial charge in [0.2, 0.25) is 5.56 Å². The molecule has 1 aromatic heterocycles. The summed E-state index contributed by atoms with van der Waals surface area (Å²) in [5.74, 6) is 0.248. The van der Waals surface area contributed by atoms with E-state index in [9.17, 15) is 22.8 Å². The fraction of sp³-hybridized carbons (Fsp3) is 0.286. The molecular formula is C21H24F3N5O2. The number of H-pyrrole nitrogens is 1. The first-order chi connectivity index (χ1) is 14.7. The molecule has 0 spiro atoms. The lowest BCUT2D eigenvalue weighted by Crippen LogP contribution is -2.25. The molecule has 1 aliphatic heterocycles. The number of nitrogens with one attached hydrogen (secondary N) is 2. The molecule has 10 heteroatoms. The van der Waals surface area contributed by atoms with Gasteiger partial charge in [0, 0.05) is 43.7 Å². The van der Waals surface area contributed by atoms with Crippen LogP contribution < -0.4 is 21.5 Å². The molecule has 1 aliphatic rings. The van der Waals surface area contributed by atoms with E-state index in [1.165, 1.54) is 0 Å². The van der Waals surface area contributed by atoms with Crippen LogP contribution in [0.3, 0.4) is 0 Å². The fourth-order valence-corrected chi connectivity index (χ4v) is 3.08. The number of rotatable bonds is 4. The van der Waals surface area contributed by atoms with Gasteiger partial charge < -0.3 is 20.9 Å². The molecule has 3 rings (SSSR count). The number of aromatic nitrogens is 1. The van der Waals surface area contributed by atoms with Crippen LogP contribution >= 0.6 is 0 Å². The first-order valence-electron chi connectivity index (χ1n) is 9.46. The number of benzene rings is 1. The fourth-order valence-electron chi connectivity index (χ4n) is 3.08. The Morgan fingerprint density at radius 3 is 2.42 bits per heavy atom. The number of halogens is 3. The smallest absolute Gasteiger partial charge is 0.371 e. The Balaban J connectivity index is 0.000000262. The van der Waals surface area contributed by atoms with Crippen molar-refractivity contribution in [2.75, 3.05) is 25.0 Å². The lowest BCUT2D eigenvalue weighted by atomic mass is 10.1. The molecule has 2 aromatic rings. The maximum atomic E-state index is 11.8. The van der Waals surface area contributed by atoms with E-state index in [1.807, 2.05) is 17.1 Å². The summed E-state index contributed by atoms with van der Waals surface area (Å²) in [6, 6.07) is 7.24. The number of carbonyl (C=O) groups excluding carboxylic acids is 1. The number of hydrogen-bond acceptors (Lipinski definition) is 4. The van der Waals surface area contributed by atoms with Crippen molar-refractivity contribution >= 4 is 17.4 Å². The summed E-state index contributed by atoms with van der Waals surface area (Å²) in [7, 11) is 1.68. The van der Waals surface area contributed by atoms with Crippen LogP contribution in [0.25, 0.3) is 0 Å². The molecule has 31 heavy (non-hydrogen) atoms. The molecule has 0 unspecified atom stereocenters. The van der Waals surface area contributed by atoms with Gasteiger partial charge in [-0.2, -0.15) is 13.2 Å². The van der Waals surface area contributed by atoms with Crippen molar-refractivity contribution in [1.82, 2.24) is 10.3 Å². The SMILES string of the molecule is C=CNC(=NC)c1ccc(N2CCCC2)c(C(N)=O)c1.O=c1ccc(C(F)(F)F)c[nH]1. The summed E-state index contributed by atoms with van der Waals surface area (Å²) in [5.41, 5.74) is 6.40. The second-order valence-electron chi connectivity index (χ2n) is 6.65. The number of hydrogen-bond donors (Lipinski definition) is 3. The first kappa shape index (κ1) is 23.7. The number of anilines is 1. The molecule has 2 heterocycles. The minimum atomic E-state index is -4.38. The number of nitrogens with two attached hydrogens (primary N) is 1. The Labute approximate surface area is 177 Å². The molecule has 1 fully saturated rings. The summed E-state index contributed by atoms with van der Waals surface area (Å²) in [6.07, 6.45) is 0.118. The average Bonchev–Trinajstić information content (AvgIpc) is 3.26. The number of aliphatic imine (C=N–C) groups is 1. The minimum absolute atomic E-state index is 0.414. The van der Waals surface area contributed by atoms with Gasteiger partial charge in [-0.3, -0.25) is 14.6 Å². The maximum absolute atomic E-state index is 11.8. The zero-order chi connectivity index (χ0) is 23.0. The third-order valence-corrected chi connectivity index (χ3v) is 4.56. The number of amides is 1. The molecule has 7 nitrogen and oxygen atoms in total. The summed E-state index contributed by atoms with van der Waals surface area (Å²) in [5, 5.41) is 2.95. The van der Waals surface area contributed by atoms with E-state index in [4.69, 9.17) is 5.73 Å². The van der Waals surface area contributed by atoms with Crippen LogP contribution in [-0.2, 0) is 6.18 Å². The highest BCUT2D eigenvalue weighted by Gasteiger charge is 2.30. The molecule has 4 N–H and O–H groups in total. The standard InChI is InChI=1S/C15H20N4O.C6H4F3NO/c1-3-18-15(17-2)11-6-7-13(12(10-11)14(16)20)19-8-4-5-9-19;7-6(8,9)4-1-2-5(11)10-3-4/h3,6-7,10H,1,4-5,8-9H2,2H3,(H2,16,20)(H,17,18);1-3H,(H,10,11). The number of pyridine rings is 1. The van der Waals surface area contributed by atoms with Crippen LogP contribution in [0, 0.1) is 0 Å². The Morgan fingerprint density at radius 1 is 1.26 bits per heavy atom. The van der Waals surface area contributed by atoms with Crippen molar-refractivity contribution in [2.45, 2.75) is 19.0 Å². The van der Waals surface area contributed by atoms with Crippen LogP contribution in [0.5, 0.6) is 0 Å². The number of alkyl halides is 3.